The van der Waals surface area contributed by atoms with Gasteiger partial charge >= 0.3 is 0 Å². The monoisotopic (exact) mass is 359 g/mol. The molecular weight excluding hydrogens is 342 g/mol. The molecule has 0 aliphatic heterocycles. The van der Waals surface area contributed by atoms with Crippen LogP contribution in [0.1, 0.15) is 21.1 Å². The highest BCUT2D eigenvalue weighted by molar-refractivity contribution is 7.15. The van der Waals surface area contributed by atoms with Crippen LogP contribution < -0.4 is 4.74 Å². The van der Waals surface area contributed by atoms with E-state index in [1.807, 2.05) is 42.6 Å². The Morgan fingerprint density at radius 1 is 1.25 bits per heavy atom. The predicted molar refractivity (Wildman–Crippen MR) is 96.8 cm³/mol. The van der Waals surface area contributed by atoms with Gasteiger partial charge in [0.15, 0.2) is 0 Å². The summed E-state index contributed by atoms with van der Waals surface area (Å²) >= 11 is 2.85. The van der Waals surface area contributed by atoms with Crippen molar-refractivity contribution in [2.24, 2.45) is 0 Å². The minimum absolute atomic E-state index is 0.0671. The molecule has 7 heteroatoms. The Hall–Kier alpha value is -2.25. The summed E-state index contributed by atoms with van der Waals surface area (Å²) in [6.45, 7) is 2.28. The number of aryl methyl sites for hydroxylation is 1. The number of carbonyl (C=O) groups excluding carboxylic acids is 1. The van der Waals surface area contributed by atoms with E-state index < -0.39 is 0 Å². The van der Waals surface area contributed by atoms with Gasteiger partial charge in [-0.3, -0.25) is 4.79 Å². The summed E-state index contributed by atoms with van der Waals surface area (Å²) in [5.74, 6) is -0.0671. The normalized spacial score (nSPS) is 10.6. The zero-order valence-electron chi connectivity index (χ0n) is 13.6. The second kappa shape index (κ2) is 7.11. The largest absolute Gasteiger partial charge is 0.473 e. The van der Waals surface area contributed by atoms with E-state index in [-0.39, 0.29) is 5.91 Å². The molecule has 2 aromatic heterocycles. The Bertz CT molecular complexity index is 843. The van der Waals surface area contributed by atoms with Gasteiger partial charge in [0, 0.05) is 18.0 Å². The Kier molecular flexibility index (Phi) is 4.92. The molecule has 1 amide bonds. The third-order valence-corrected chi connectivity index (χ3v) is 5.51. The van der Waals surface area contributed by atoms with Crippen LogP contribution >= 0.6 is 22.7 Å². The van der Waals surface area contributed by atoms with Crippen LogP contribution in [0.3, 0.4) is 0 Å². The number of carbonyl (C=O) groups is 1. The van der Waals surface area contributed by atoms with Crippen LogP contribution in [-0.4, -0.2) is 34.9 Å². The Balaban J connectivity index is 1.73. The Morgan fingerprint density at radius 2 is 2.00 bits per heavy atom. The van der Waals surface area contributed by atoms with E-state index in [0.717, 1.165) is 16.3 Å². The average Bonchev–Trinajstić information content (AvgIpc) is 3.21. The predicted octanol–water partition coefficient (Wildman–Crippen LogP) is 3.86. The first-order valence-electron chi connectivity index (χ1n) is 7.35. The molecule has 0 N–H and O–H groups in total. The lowest BCUT2D eigenvalue weighted by Gasteiger charge is -2.14. The molecule has 2 heterocycles. The van der Waals surface area contributed by atoms with Crippen molar-refractivity contribution in [1.29, 1.82) is 0 Å². The summed E-state index contributed by atoms with van der Waals surface area (Å²) in [5.41, 5.74) is 2.66. The van der Waals surface area contributed by atoms with Gasteiger partial charge in [-0.2, -0.15) is 0 Å². The van der Waals surface area contributed by atoms with Crippen LogP contribution in [0.25, 0.3) is 10.6 Å². The van der Waals surface area contributed by atoms with Crippen LogP contribution in [0.2, 0.25) is 0 Å². The summed E-state index contributed by atoms with van der Waals surface area (Å²) in [6.07, 6.45) is 0. The number of amides is 1. The number of methoxy groups -OCH3 is 1. The third kappa shape index (κ3) is 3.47. The molecule has 0 unspecified atom stereocenters. The van der Waals surface area contributed by atoms with Crippen molar-refractivity contribution in [2.45, 2.75) is 13.5 Å². The number of nitrogens with zero attached hydrogens (tertiary/aromatic N) is 3. The number of ether oxygens (including phenoxy) is 1. The summed E-state index contributed by atoms with van der Waals surface area (Å²) in [5, 5.41) is 3.46. The Labute approximate surface area is 148 Å². The summed E-state index contributed by atoms with van der Waals surface area (Å²) in [6, 6.07) is 10.0. The molecule has 5 nitrogen and oxygen atoms in total. The summed E-state index contributed by atoms with van der Waals surface area (Å²) in [7, 11) is 3.33. The van der Waals surface area contributed by atoms with E-state index in [1.54, 1.807) is 30.4 Å². The minimum atomic E-state index is -0.0671. The molecule has 3 rings (SSSR count). The van der Waals surface area contributed by atoms with Crippen LogP contribution in [0.4, 0.5) is 0 Å². The van der Waals surface area contributed by atoms with Gasteiger partial charge in [0.2, 0.25) is 0 Å². The lowest BCUT2D eigenvalue weighted by atomic mass is 10.2. The maximum atomic E-state index is 12.6. The SMILES string of the molecule is COc1nc(C)c(C(=O)N(C)Cc2csc(-c3ccccc3)n2)s1. The number of thiazole rings is 2. The fraction of sp³-hybridized carbons (Fsp3) is 0.235. The van der Waals surface area contributed by atoms with Crippen LogP contribution in [0, 0.1) is 6.92 Å². The average molecular weight is 359 g/mol. The molecule has 0 aliphatic carbocycles. The fourth-order valence-electron chi connectivity index (χ4n) is 2.24. The molecule has 0 bridgehead atoms. The van der Waals surface area contributed by atoms with Crippen molar-refractivity contribution in [3.8, 4) is 15.8 Å². The third-order valence-electron chi connectivity index (χ3n) is 3.46. The van der Waals surface area contributed by atoms with E-state index in [4.69, 9.17) is 4.74 Å². The van der Waals surface area contributed by atoms with Crippen molar-refractivity contribution in [2.75, 3.05) is 14.2 Å². The number of benzene rings is 1. The van der Waals surface area contributed by atoms with E-state index in [2.05, 4.69) is 9.97 Å². The van der Waals surface area contributed by atoms with Crippen LogP contribution in [0.5, 0.6) is 5.19 Å². The maximum absolute atomic E-state index is 12.6. The lowest BCUT2D eigenvalue weighted by molar-refractivity contribution is 0.0787. The number of aromatic nitrogens is 2. The van der Waals surface area contributed by atoms with Crippen molar-refractivity contribution < 1.29 is 9.53 Å². The van der Waals surface area contributed by atoms with Crippen LogP contribution in [-0.2, 0) is 6.54 Å². The van der Waals surface area contributed by atoms with Crippen molar-refractivity contribution in [1.82, 2.24) is 14.9 Å². The van der Waals surface area contributed by atoms with Gasteiger partial charge in [-0.15, -0.1) is 11.3 Å². The molecule has 124 valence electrons. The first-order valence-corrected chi connectivity index (χ1v) is 9.05. The van der Waals surface area contributed by atoms with Gasteiger partial charge in [0.25, 0.3) is 11.1 Å². The highest BCUT2D eigenvalue weighted by atomic mass is 32.1. The molecule has 0 radical (unpaired) electrons. The molecule has 0 atom stereocenters. The molecule has 0 fully saturated rings. The van der Waals surface area contributed by atoms with Gasteiger partial charge in [0.05, 0.1) is 25.0 Å². The van der Waals surface area contributed by atoms with Crippen molar-refractivity contribution in [3.05, 3.63) is 52.0 Å². The highest BCUT2D eigenvalue weighted by Crippen LogP contribution is 2.27. The molecule has 1 aromatic carbocycles. The van der Waals surface area contributed by atoms with Gasteiger partial charge < -0.3 is 9.64 Å². The molecule has 0 saturated carbocycles. The van der Waals surface area contributed by atoms with Crippen molar-refractivity contribution in [3.63, 3.8) is 0 Å². The van der Waals surface area contributed by atoms with Gasteiger partial charge in [-0.1, -0.05) is 41.7 Å². The minimum Gasteiger partial charge on any atom is -0.473 e. The fourth-order valence-corrected chi connectivity index (χ4v) is 3.93. The van der Waals surface area contributed by atoms with E-state index in [9.17, 15) is 4.79 Å². The zero-order chi connectivity index (χ0) is 17.1. The topological polar surface area (TPSA) is 55.3 Å². The highest BCUT2D eigenvalue weighted by Gasteiger charge is 2.20. The lowest BCUT2D eigenvalue weighted by Crippen LogP contribution is -2.26. The molecule has 3 aromatic rings. The Morgan fingerprint density at radius 3 is 2.67 bits per heavy atom. The van der Waals surface area contributed by atoms with E-state index in [1.165, 1.54) is 11.3 Å². The first kappa shape index (κ1) is 16.6. The summed E-state index contributed by atoms with van der Waals surface area (Å²) in [4.78, 5) is 23.7. The summed E-state index contributed by atoms with van der Waals surface area (Å²) < 4.78 is 5.10. The van der Waals surface area contributed by atoms with Gasteiger partial charge in [-0.25, -0.2) is 9.97 Å². The number of hydrogen-bond donors (Lipinski definition) is 0. The molecule has 0 aliphatic rings. The van der Waals surface area contributed by atoms with Crippen molar-refractivity contribution >= 4 is 28.6 Å². The molecule has 0 saturated heterocycles. The van der Waals surface area contributed by atoms with Crippen LogP contribution in [0.15, 0.2) is 35.7 Å². The molecule has 24 heavy (non-hydrogen) atoms. The van der Waals surface area contributed by atoms with E-state index >= 15 is 0 Å². The smallest absolute Gasteiger partial charge is 0.273 e. The quantitative estimate of drug-likeness (QED) is 0.694. The second-order valence-electron chi connectivity index (χ2n) is 5.27. The zero-order valence-corrected chi connectivity index (χ0v) is 15.3. The molecular formula is C17H17N3O2S2. The maximum Gasteiger partial charge on any atom is 0.273 e. The van der Waals surface area contributed by atoms with Gasteiger partial charge in [-0.05, 0) is 6.92 Å². The van der Waals surface area contributed by atoms with E-state index in [0.29, 0.717) is 22.3 Å². The standard InChI is InChI=1S/C17H17N3O2S2/c1-11-14(24-17(18-11)22-3)16(21)20(2)9-13-10-23-15(19-13)12-7-5-4-6-8-12/h4-8,10H,9H2,1-3H3. The number of rotatable bonds is 5. The van der Waals surface area contributed by atoms with Gasteiger partial charge in [0.1, 0.15) is 9.88 Å². The molecule has 0 spiro atoms. The second-order valence-corrected chi connectivity index (χ2v) is 7.09. The first-order chi connectivity index (χ1) is 11.6. The number of hydrogen-bond acceptors (Lipinski definition) is 6.